The van der Waals surface area contributed by atoms with Crippen LogP contribution in [-0.4, -0.2) is 16.1 Å². The molecule has 0 amide bonds. The number of aromatic nitrogens is 2. The van der Waals surface area contributed by atoms with Gasteiger partial charge in [0.1, 0.15) is 11.6 Å². The van der Waals surface area contributed by atoms with Crippen molar-refractivity contribution in [2.24, 2.45) is 5.73 Å². The van der Waals surface area contributed by atoms with Crippen LogP contribution in [0.15, 0.2) is 30.6 Å². The van der Waals surface area contributed by atoms with Gasteiger partial charge < -0.3 is 10.3 Å². The summed E-state index contributed by atoms with van der Waals surface area (Å²) >= 11 is 0. The van der Waals surface area contributed by atoms with Crippen molar-refractivity contribution in [1.29, 1.82) is 0 Å². The van der Waals surface area contributed by atoms with E-state index >= 15 is 0 Å². The van der Waals surface area contributed by atoms with Crippen molar-refractivity contribution in [1.82, 2.24) is 9.55 Å². The fourth-order valence-electron chi connectivity index (χ4n) is 1.68. The molecule has 18 heavy (non-hydrogen) atoms. The van der Waals surface area contributed by atoms with Gasteiger partial charge in [-0.05, 0) is 24.6 Å². The lowest BCUT2D eigenvalue weighted by molar-refractivity contribution is 0.622. The molecule has 0 radical (unpaired) electrons. The van der Waals surface area contributed by atoms with Crippen molar-refractivity contribution >= 4 is 0 Å². The number of nitrogens with two attached hydrogens (primary N) is 1. The van der Waals surface area contributed by atoms with E-state index < -0.39 is 0 Å². The van der Waals surface area contributed by atoms with Crippen LogP contribution in [0.1, 0.15) is 17.0 Å². The fourth-order valence-corrected chi connectivity index (χ4v) is 1.68. The Morgan fingerprint density at radius 2 is 2.28 bits per heavy atom. The van der Waals surface area contributed by atoms with Gasteiger partial charge in [-0.1, -0.05) is 17.9 Å². The van der Waals surface area contributed by atoms with Gasteiger partial charge in [0, 0.05) is 18.9 Å². The quantitative estimate of drug-likeness (QED) is 0.816. The standard InChI is InChI=1S/C14H14FN3/c1-11-17-7-8-18(11)10-12-4-5-14(15)13(9-12)3-2-6-16/h4-5,7-9H,6,10,16H2,1H3. The summed E-state index contributed by atoms with van der Waals surface area (Å²) in [4.78, 5) is 4.15. The molecule has 0 atom stereocenters. The number of rotatable bonds is 2. The van der Waals surface area contributed by atoms with Crippen molar-refractivity contribution in [3.05, 3.63) is 53.4 Å². The molecule has 4 heteroatoms. The summed E-state index contributed by atoms with van der Waals surface area (Å²) < 4.78 is 15.5. The Kier molecular flexibility index (Phi) is 3.75. The van der Waals surface area contributed by atoms with E-state index in [0.717, 1.165) is 11.4 Å². The molecular formula is C14H14FN3. The summed E-state index contributed by atoms with van der Waals surface area (Å²) in [5.74, 6) is 6.00. The predicted molar refractivity (Wildman–Crippen MR) is 68.4 cm³/mol. The highest BCUT2D eigenvalue weighted by Crippen LogP contribution is 2.11. The minimum Gasteiger partial charge on any atom is -0.331 e. The second kappa shape index (κ2) is 5.48. The highest BCUT2D eigenvalue weighted by atomic mass is 19.1. The van der Waals surface area contributed by atoms with Crippen molar-refractivity contribution in [2.75, 3.05) is 6.54 Å². The van der Waals surface area contributed by atoms with Crippen LogP contribution in [-0.2, 0) is 6.54 Å². The maximum Gasteiger partial charge on any atom is 0.138 e. The normalized spacial score (nSPS) is 9.94. The van der Waals surface area contributed by atoms with Gasteiger partial charge in [-0.3, -0.25) is 0 Å². The number of hydrogen-bond acceptors (Lipinski definition) is 2. The second-order valence-corrected chi connectivity index (χ2v) is 3.92. The maximum atomic E-state index is 13.5. The molecule has 0 aliphatic carbocycles. The molecule has 1 aromatic heterocycles. The Bertz CT molecular complexity index is 605. The van der Waals surface area contributed by atoms with Crippen LogP contribution in [0, 0.1) is 24.6 Å². The van der Waals surface area contributed by atoms with Crippen LogP contribution < -0.4 is 5.73 Å². The van der Waals surface area contributed by atoms with E-state index in [1.807, 2.05) is 17.7 Å². The molecule has 3 nitrogen and oxygen atoms in total. The molecule has 2 rings (SSSR count). The van der Waals surface area contributed by atoms with E-state index in [1.54, 1.807) is 18.3 Å². The number of benzene rings is 1. The second-order valence-electron chi connectivity index (χ2n) is 3.92. The first-order valence-electron chi connectivity index (χ1n) is 5.66. The van der Waals surface area contributed by atoms with Crippen molar-refractivity contribution in [3.63, 3.8) is 0 Å². The monoisotopic (exact) mass is 243 g/mol. The maximum absolute atomic E-state index is 13.5. The average molecular weight is 243 g/mol. The SMILES string of the molecule is Cc1nccn1Cc1ccc(F)c(C#CCN)c1. The Balaban J connectivity index is 2.27. The van der Waals surface area contributed by atoms with Crippen molar-refractivity contribution in [2.45, 2.75) is 13.5 Å². The lowest BCUT2D eigenvalue weighted by Gasteiger charge is -2.06. The van der Waals surface area contributed by atoms with Crippen molar-refractivity contribution in [3.8, 4) is 11.8 Å². The zero-order chi connectivity index (χ0) is 13.0. The molecule has 0 bridgehead atoms. The third kappa shape index (κ3) is 2.76. The first-order chi connectivity index (χ1) is 8.70. The summed E-state index contributed by atoms with van der Waals surface area (Å²) in [7, 11) is 0. The first-order valence-corrected chi connectivity index (χ1v) is 5.66. The number of imidazole rings is 1. The molecule has 92 valence electrons. The van der Waals surface area contributed by atoms with Gasteiger partial charge in [0.2, 0.25) is 0 Å². The summed E-state index contributed by atoms with van der Waals surface area (Å²) in [6.07, 6.45) is 3.64. The predicted octanol–water partition coefficient (Wildman–Crippen LogP) is 1.69. The van der Waals surface area contributed by atoms with Gasteiger partial charge in [0.15, 0.2) is 0 Å². The van der Waals surface area contributed by atoms with Crippen LogP contribution in [0.3, 0.4) is 0 Å². The van der Waals surface area contributed by atoms with Gasteiger partial charge in [-0.2, -0.15) is 0 Å². The van der Waals surface area contributed by atoms with E-state index in [0.29, 0.717) is 12.1 Å². The van der Waals surface area contributed by atoms with Gasteiger partial charge in [0.25, 0.3) is 0 Å². The van der Waals surface area contributed by atoms with E-state index in [-0.39, 0.29) is 12.4 Å². The highest BCUT2D eigenvalue weighted by Gasteiger charge is 2.03. The van der Waals surface area contributed by atoms with Crippen molar-refractivity contribution < 1.29 is 4.39 Å². The molecule has 0 saturated carbocycles. The Morgan fingerprint density at radius 1 is 1.44 bits per heavy atom. The molecular weight excluding hydrogens is 229 g/mol. The Morgan fingerprint density at radius 3 is 2.94 bits per heavy atom. The summed E-state index contributed by atoms with van der Waals surface area (Å²) in [6, 6.07) is 4.93. The number of hydrogen-bond donors (Lipinski definition) is 1. The molecule has 0 spiro atoms. The molecule has 1 aromatic carbocycles. The zero-order valence-electron chi connectivity index (χ0n) is 10.2. The minimum atomic E-state index is -0.318. The van der Waals surface area contributed by atoms with Crippen LogP contribution in [0.4, 0.5) is 4.39 Å². The molecule has 0 aliphatic heterocycles. The fraction of sp³-hybridized carbons (Fsp3) is 0.214. The topological polar surface area (TPSA) is 43.8 Å². The van der Waals surface area contributed by atoms with E-state index in [9.17, 15) is 4.39 Å². The highest BCUT2D eigenvalue weighted by molar-refractivity contribution is 5.38. The van der Waals surface area contributed by atoms with E-state index in [1.165, 1.54) is 6.07 Å². The van der Waals surface area contributed by atoms with Crippen LogP contribution >= 0.6 is 0 Å². The minimum absolute atomic E-state index is 0.226. The smallest absolute Gasteiger partial charge is 0.138 e. The number of nitrogens with zero attached hydrogens (tertiary/aromatic N) is 2. The Labute approximate surface area is 105 Å². The largest absolute Gasteiger partial charge is 0.331 e. The van der Waals surface area contributed by atoms with E-state index in [4.69, 9.17) is 5.73 Å². The molecule has 1 heterocycles. The lowest BCUT2D eigenvalue weighted by atomic mass is 10.1. The molecule has 2 aromatic rings. The van der Waals surface area contributed by atoms with Gasteiger partial charge in [-0.25, -0.2) is 9.37 Å². The molecule has 0 unspecified atom stereocenters. The summed E-state index contributed by atoms with van der Waals surface area (Å²) in [5.41, 5.74) is 6.66. The molecule has 0 saturated heterocycles. The van der Waals surface area contributed by atoms with E-state index in [2.05, 4.69) is 16.8 Å². The van der Waals surface area contributed by atoms with Crippen LogP contribution in [0.25, 0.3) is 0 Å². The number of halogens is 1. The molecule has 2 N–H and O–H groups in total. The summed E-state index contributed by atoms with van der Waals surface area (Å²) in [6.45, 7) is 2.81. The average Bonchev–Trinajstić information content (AvgIpc) is 2.76. The first kappa shape index (κ1) is 12.3. The number of aryl methyl sites for hydroxylation is 1. The third-order valence-corrected chi connectivity index (χ3v) is 2.63. The molecule has 0 fully saturated rings. The Hall–Kier alpha value is -2.12. The summed E-state index contributed by atoms with van der Waals surface area (Å²) in [5, 5.41) is 0. The van der Waals surface area contributed by atoms with Crippen LogP contribution in [0.2, 0.25) is 0 Å². The van der Waals surface area contributed by atoms with Gasteiger partial charge in [0.05, 0.1) is 12.1 Å². The zero-order valence-corrected chi connectivity index (χ0v) is 10.2. The third-order valence-electron chi connectivity index (χ3n) is 2.63. The van der Waals surface area contributed by atoms with Crippen LogP contribution in [0.5, 0.6) is 0 Å². The van der Waals surface area contributed by atoms with Gasteiger partial charge in [-0.15, -0.1) is 0 Å². The lowest BCUT2D eigenvalue weighted by Crippen LogP contribution is -2.01. The molecule has 0 aliphatic rings. The van der Waals surface area contributed by atoms with Gasteiger partial charge >= 0.3 is 0 Å².